The highest BCUT2D eigenvalue weighted by atomic mass is 16.7. The number of unbranched alkanes of at least 4 members (excludes halogenated alkanes) is 36. The first-order valence-electron chi connectivity index (χ1n) is 31.3. The van der Waals surface area contributed by atoms with Crippen LogP contribution in [-0.4, -0.2) is 89.2 Å². The molecule has 0 aliphatic carbocycles. The zero-order chi connectivity index (χ0) is 54.7. The van der Waals surface area contributed by atoms with Gasteiger partial charge >= 0.3 is 23.9 Å². The Labute approximate surface area is 458 Å². The van der Waals surface area contributed by atoms with E-state index in [2.05, 4.69) is 45.1 Å². The fraction of sp³-hybridized carbons (Fsp3) is 0.873. The van der Waals surface area contributed by atoms with Crippen molar-refractivity contribution in [1.82, 2.24) is 0 Å². The van der Waals surface area contributed by atoms with Gasteiger partial charge in [-0.25, -0.2) is 4.79 Å². The molecule has 1 heterocycles. The number of aliphatic hydroxyl groups excluding tert-OH is 2. The van der Waals surface area contributed by atoms with Gasteiger partial charge in [0.25, 0.3) is 0 Å². The second kappa shape index (κ2) is 51.9. The quantitative estimate of drug-likeness (QED) is 0.0228. The standard InChI is InChI=1S/C63H114O12/c1-4-7-10-13-16-19-22-24-26-27-28-29-31-32-35-37-40-43-46-49-55(64)71-52-54(73-56(65)50-47-44-41-39-36-33-30-25-23-20-17-14-11-8-5-2)53-72-63-61(59(68)58(67)60(75-63)62(69)70)74-57(66)51-48-45-42-38-34-21-18-15-12-9-6-3/h16,19,24,26,54,58-61,63,67-68H,4-15,17-18,20-23,25,27-53H2,1-3H3,(H,69,70)/b19-16-,26-24-. The normalized spacial score (nSPS) is 18.2. The van der Waals surface area contributed by atoms with Crippen LogP contribution in [0.1, 0.15) is 303 Å². The monoisotopic (exact) mass is 1060 g/mol. The van der Waals surface area contributed by atoms with E-state index in [9.17, 15) is 34.5 Å². The van der Waals surface area contributed by atoms with Crippen LogP contribution in [0.4, 0.5) is 0 Å². The van der Waals surface area contributed by atoms with E-state index in [0.29, 0.717) is 19.3 Å². The van der Waals surface area contributed by atoms with E-state index in [1.165, 1.54) is 167 Å². The van der Waals surface area contributed by atoms with Crippen molar-refractivity contribution in [3.05, 3.63) is 24.3 Å². The Bertz CT molecular complexity index is 1400. The number of carbonyl (C=O) groups is 4. The second-order valence-corrected chi connectivity index (χ2v) is 21.7. The fourth-order valence-corrected chi connectivity index (χ4v) is 9.69. The summed E-state index contributed by atoms with van der Waals surface area (Å²) in [7, 11) is 0. The van der Waals surface area contributed by atoms with Gasteiger partial charge < -0.3 is 39.0 Å². The molecule has 6 unspecified atom stereocenters. The van der Waals surface area contributed by atoms with E-state index in [1.807, 2.05) is 0 Å². The third-order valence-corrected chi connectivity index (χ3v) is 14.5. The molecule has 12 nitrogen and oxygen atoms in total. The fourth-order valence-electron chi connectivity index (χ4n) is 9.69. The van der Waals surface area contributed by atoms with E-state index in [-0.39, 0.29) is 25.9 Å². The van der Waals surface area contributed by atoms with Crippen LogP contribution >= 0.6 is 0 Å². The molecule has 0 radical (unpaired) electrons. The van der Waals surface area contributed by atoms with E-state index in [0.717, 1.165) is 77.0 Å². The average Bonchev–Trinajstić information content (AvgIpc) is 3.39. The molecule has 0 spiro atoms. The van der Waals surface area contributed by atoms with Crippen molar-refractivity contribution < 1.29 is 58.2 Å². The Balaban J connectivity index is 2.64. The lowest BCUT2D eigenvalue weighted by molar-refractivity contribution is -0.301. The van der Waals surface area contributed by atoms with Crippen molar-refractivity contribution in [1.29, 1.82) is 0 Å². The number of esters is 3. The largest absolute Gasteiger partial charge is 0.479 e. The van der Waals surface area contributed by atoms with E-state index >= 15 is 0 Å². The Morgan fingerprint density at radius 2 is 0.800 bits per heavy atom. The first-order chi connectivity index (χ1) is 36.6. The molecule has 0 bridgehead atoms. The van der Waals surface area contributed by atoms with Gasteiger partial charge in [-0.1, -0.05) is 257 Å². The van der Waals surface area contributed by atoms with Gasteiger partial charge in [0.1, 0.15) is 18.8 Å². The number of allylic oxidation sites excluding steroid dienone is 4. The number of aliphatic carboxylic acids is 1. The molecule has 1 saturated heterocycles. The van der Waals surface area contributed by atoms with Crippen LogP contribution in [0, 0.1) is 0 Å². The molecule has 1 rings (SSSR count). The summed E-state index contributed by atoms with van der Waals surface area (Å²) < 4.78 is 28.5. The van der Waals surface area contributed by atoms with Gasteiger partial charge in [-0.3, -0.25) is 14.4 Å². The van der Waals surface area contributed by atoms with Crippen LogP contribution in [0.3, 0.4) is 0 Å². The average molecular weight is 1060 g/mol. The van der Waals surface area contributed by atoms with E-state index in [1.54, 1.807) is 0 Å². The van der Waals surface area contributed by atoms with Crippen LogP contribution in [-0.2, 0) is 42.9 Å². The Morgan fingerprint density at radius 1 is 0.440 bits per heavy atom. The molecule has 3 N–H and O–H groups in total. The minimum absolute atomic E-state index is 0.0666. The minimum Gasteiger partial charge on any atom is -0.479 e. The third-order valence-electron chi connectivity index (χ3n) is 14.5. The molecule has 1 aliphatic rings. The summed E-state index contributed by atoms with van der Waals surface area (Å²) in [6, 6.07) is 0. The molecule has 438 valence electrons. The van der Waals surface area contributed by atoms with Gasteiger partial charge in [-0.15, -0.1) is 0 Å². The lowest BCUT2D eigenvalue weighted by atomic mass is 9.98. The molecular weight excluding hydrogens is 949 g/mol. The number of rotatable bonds is 54. The molecule has 0 amide bonds. The van der Waals surface area contributed by atoms with Gasteiger partial charge in [0, 0.05) is 19.3 Å². The summed E-state index contributed by atoms with van der Waals surface area (Å²) in [5.41, 5.74) is 0. The minimum atomic E-state index is -1.90. The first-order valence-corrected chi connectivity index (χ1v) is 31.3. The molecule has 6 atom stereocenters. The predicted octanol–water partition coefficient (Wildman–Crippen LogP) is 16.2. The van der Waals surface area contributed by atoms with Crippen molar-refractivity contribution in [2.45, 2.75) is 340 Å². The summed E-state index contributed by atoms with van der Waals surface area (Å²) in [4.78, 5) is 51.1. The highest BCUT2D eigenvalue weighted by Crippen LogP contribution is 2.27. The topological polar surface area (TPSA) is 175 Å². The summed E-state index contributed by atoms with van der Waals surface area (Å²) in [5.74, 6) is -3.09. The number of hydrogen-bond acceptors (Lipinski definition) is 11. The molecule has 75 heavy (non-hydrogen) atoms. The van der Waals surface area contributed by atoms with Crippen molar-refractivity contribution in [3.63, 3.8) is 0 Å². The van der Waals surface area contributed by atoms with Crippen molar-refractivity contribution >= 4 is 23.9 Å². The zero-order valence-electron chi connectivity index (χ0n) is 48.3. The van der Waals surface area contributed by atoms with Crippen LogP contribution in [0.15, 0.2) is 24.3 Å². The summed E-state index contributed by atoms with van der Waals surface area (Å²) in [5, 5.41) is 31.5. The molecule has 1 aliphatic heterocycles. The molecule has 0 aromatic heterocycles. The third kappa shape index (κ3) is 41.9. The summed E-state index contributed by atoms with van der Waals surface area (Å²) in [6.07, 6.45) is 47.2. The number of carboxylic acids is 1. The number of ether oxygens (including phenoxy) is 5. The van der Waals surface area contributed by atoms with Crippen LogP contribution in [0.5, 0.6) is 0 Å². The van der Waals surface area contributed by atoms with Crippen molar-refractivity contribution in [3.8, 4) is 0 Å². The zero-order valence-corrected chi connectivity index (χ0v) is 48.3. The number of carbonyl (C=O) groups excluding carboxylic acids is 3. The molecular formula is C63H114O12. The Hall–Kier alpha value is -2.80. The molecule has 0 saturated carbocycles. The van der Waals surface area contributed by atoms with Gasteiger partial charge in [-0.05, 0) is 51.4 Å². The Kier molecular flexibility index (Phi) is 48.6. The van der Waals surface area contributed by atoms with Crippen molar-refractivity contribution in [2.24, 2.45) is 0 Å². The molecule has 1 fully saturated rings. The van der Waals surface area contributed by atoms with Crippen LogP contribution < -0.4 is 0 Å². The number of aliphatic hydroxyl groups is 2. The van der Waals surface area contributed by atoms with Crippen LogP contribution in [0.25, 0.3) is 0 Å². The highest BCUT2D eigenvalue weighted by Gasteiger charge is 2.50. The lowest BCUT2D eigenvalue weighted by Gasteiger charge is -2.40. The highest BCUT2D eigenvalue weighted by molar-refractivity contribution is 5.74. The van der Waals surface area contributed by atoms with E-state index < -0.39 is 67.3 Å². The first kappa shape index (κ1) is 70.2. The molecule has 12 heteroatoms. The number of carboxylic acid groups (broad SMARTS) is 1. The van der Waals surface area contributed by atoms with Gasteiger partial charge in [0.2, 0.25) is 0 Å². The molecule has 0 aromatic carbocycles. The second-order valence-electron chi connectivity index (χ2n) is 21.7. The number of hydrogen-bond donors (Lipinski definition) is 3. The smallest absolute Gasteiger partial charge is 0.335 e. The molecule has 0 aromatic rings. The summed E-state index contributed by atoms with van der Waals surface area (Å²) >= 11 is 0. The predicted molar refractivity (Wildman–Crippen MR) is 303 cm³/mol. The Morgan fingerprint density at radius 3 is 1.23 bits per heavy atom. The maximum atomic E-state index is 13.2. The van der Waals surface area contributed by atoms with Gasteiger partial charge in [0.15, 0.2) is 24.6 Å². The summed E-state index contributed by atoms with van der Waals surface area (Å²) in [6.45, 7) is 5.99. The lowest BCUT2D eigenvalue weighted by Crippen LogP contribution is -2.61. The maximum absolute atomic E-state index is 13.2. The van der Waals surface area contributed by atoms with Crippen molar-refractivity contribution in [2.75, 3.05) is 13.2 Å². The van der Waals surface area contributed by atoms with Crippen LogP contribution in [0.2, 0.25) is 0 Å². The van der Waals surface area contributed by atoms with E-state index in [4.69, 9.17) is 23.7 Å². The SMILES string of the molecule is CCCCC/C=C\C/C=C\CCCCCCCCCCCC(=O)OCC(COC1OC(C(=O)O)C(O)C(O)C1OC(=O)CCCCCCCCCCCCC)OC(=O)CCCCCCCCCCCCCCCCC. The maximum Gasteiger partial charge on any atom is 0.335 e. The van der Waals surface area contributed by atoms with Gasteiger partial charge in [-0.2, -0.15) is 0 Å². The van der Waals surface area contributed by atoms with Gasteiger partial charge in [0.05, 0.1) is 6.61 Å².